The molecule has 1 unspecified atom stereocenters. The van der Waals surface area contributed by atoms with E-state index in [9.17, 15) is 23.2 Å². The van der Waals surface area contributed by atoms with Crippen molar-refractivity contribution in [3.63, 3.8) is 0 Å². The van der Waals surface area contributed by atoms with E-state index in [1.54, 1.807) is 31.2 Å². The van der Waals surface area contributed by atoms with Crippen molar-refractivity contribution in [1.29, 1.82) is 5.26 Å². The zero-order valence-electron chi connectivity index (χ0n) is 21.5. The molecule has 0 aliphatic carbocycles. The maximum absolute atomic E-state index is 12.7. The summed E-state index contributed by atoms with van der Waals surface area (Å²) in [5.74, 6) is 1.14. The van der Waals surface area contributed by atoms with Gasteiger partial charge in [0, 0.05) is 0 Å². The number of carbonyl (C=O) groups excluding carboxylic acids is 1. The number of hydrogen-bond acceptors (Lipinski definition) is 8. The Kier molecular flexibility index (Phi) is 10.3. The zero-order valence-corrected chi connectivity index (χ0v) is 22.4. The van der Waals surface area contributed by atoms with Gasteiger partial charge in [-0.2, -0.15) is 18.4 Å². The molecule has 0 aliphatic heterocycles. The average molecular weight is 561 g/mol. The van der Waals surface area contributed by atoms with Gasteiger partial charge in [0.1, 0.15) is 30.6 Å². The lowest BCUT2D eigenvalue weighted by molar-refractivity contribution is -0.138. The zero-order chi connectivity index (χ0) is 28.4. The molecule has 1 aromatic heterocycles. The van der Waals surface area contributed by atoms with Crippen LogP contribution in [-0.2, 0) is 11.0 Å². The first-order chi connectivity index (χ1) is 18.6. The number of aromatic nitrogens is 2. The molecule has 39 heavy (non-hydrogen) atoms. The molecule has 1 amide bonds. The van der Waals surface area contributed by atoms with E-state index in [0.29, 0.717) is 36.2 Å². The van der Waals surface area contributed by atoms with Crippen molar-refractivity contribution < 1.29 is 32.2 Å². The number of halogens is 3. The Morgan fingerprint density at radius 2 is 1.79 bits per heavy atom. The van der Waals surface area contributed by atoms with Crippen LogP contribution < -0.4 is 19.5 Å². The highest BCUT2D eigenvalue weighted by molar-refractivity contribution is 7.15. The molecule has 1 heterocycles. The van der Waals surface area contributed by atoms with Gasteiger partial charge in [-0.1, -0.05) is 43.4 Å². The van der Waals surface area contributed by atoms with Crippen LogP contribution in [-0.4, -0.2) is 35.9 Å². The Balaban J connectivity index is 1.62. The van der Waals surface area contributed by atoms with Crippen LogP contribution in [0.5, 0.6) is 17.2 Å². The molecule has 0 saturated carbocycles. The Bertz CT molecular complexity index is 1330. The summed E-state index contributed by atoms with van der Waals surface area (Å²) in [5, 5.41) is 16.3. The molecule has 0 aliphatic rings. The van der Waals surface area contributed by atoms with Crippen molar-refractivity contribution >= 4 is 28.5 Å². The Hall–Kier alpha value is -4.11. The molecule has 206 valence electrons. The molecule has 1 atom stereocenters. The average Bonchev–Trinajstić information content (AvgIpc) is 3.40. The minimum Gasteiger partial charge on any atom is -0.490 e. The van der Waals surface area contributed by atoms with Gasteiger partial charge in [-0.25, -0.2) is 0 Å². The molecule has 12 heteroatoms. The van der Waals surface area contributed by atoms with Gasteiger partial charge in [-0.05, 0) is 60.7 Å². The van der Waals surface area contributed by atoms with E-state index in [2.05, 4.69) is 29.4 Å². The van der Waals surface area contributed by atoms with E-state index >= 15 is 0 Å². The summed E-state index contributed by atoms with van der Waals surface area (Å²) in [5.41, 5.74) is 1.36. The first-order valence-corrected chi connectivity index (χ1v) is 12.9. The number of nitriles is 1. The molecule has 1 N–H and O–H groups in total. The molecule has 0 saturated heterocycles. The monoisotopic (exact) mass is 560 g/mol. The summed E-state index contributed by atoms with van der Waals surface area (Å²) in [7, 11) is 0. The van der Waals surface area contributed by atoms with Crippen molar-refractivity contribution in [2.45, 2.75) is 39.3 Å². The molecule has 0 fully saturated rings. The number of benzene rings is 2. The van der Waals surface area contributed by atoms with E-state index in [1.165, 1.54) is 11.6 Å². The second-order valence-electron chi connectivity index (χ2n) is 8.25. The predicted molar refractivity (Wildman–Crippen MR) is 141 cm³/mol. The number of anilines is 1. The van der Waals surface area contributed by atoms with Gasteiger partial charge < -0.3 is 14.2 Å². The molecule has 0 spiro atoms. The van der Waals surface area contributed by atoms with E-state index < -0.39 is 17.1 Å². The van der Waals surface area contributed by atoms with Crippen molar-refractivity contribution in [3.8, 4) is 23.3 Å². The lowest BCUT2D eigenvalue weighted by atomic mass is 9.99. The van der Waals surface area contributed by atoms with Crippen LogP contribution in [0.25, 0.3) is 6.08 Å². The molecule has 8 nitrogen and oxygen atoms in total. The number of hydrogen-bond donors (Lipinski definition) is 1. The van der Waals surface area contributed by atoms with Gasteiger partial charge in [0.15, 0.2) is 11.5 Å². The van der Waals surface area contributed by atoms with Crippen LogP contribution >= 0.6 is 11.3 Å². The fraction of sp³-hybridized carbons (Fsp3) is 0.333. The number of alkyl halides is 3. The fourth-order valence-electron chi connectivity index (χ4n) is 3.31. The van der Waals surface area contributed by atoms with Crippen LogP contribution in [0, 0.1) is 11.3 Å². The van der Waals surface area contributed by atoms with Crippen molar-refractivity contribution in [3.05, 3.63) is 64.2 Å². The minimum absolute atomic E-state index is 0.161. The van der Waals surface area contributed by atoms with Gasteiger partial charge in [-0.15, -0.1) is 10.2 Å². The topological polar surface area (TPSA) is 106 Å². The van der Waals surface area contributed by atoms with E-state index in [1.807, 2.05) is 24.3 Å². The largest absolute Gasteiger partial charge is 0.490 e. The lowest BCUT2D eigenvalue weighted by Crippen LogP contribution is -2.13. The third-order valence-corrected chi connectivity index (χ3v) is 6.39. The molecule has 3 rings (SSSR count). The van der Waals surface area contributed by atoms with Crippen LogP contribution in [0.3, 0.4) is 0 Å². The minimum atomic E-state index is -4.68. The normalized spacial score (nSPS) is 12.4. The third kappa shape index (κ3) is 8.44. The summed E-state index contributed by atoms with van der Waals surface area (Å²) >= 11 is 0.161. The first-order valence-electron chi connectivity index (χ1n) is 12.1. The van der Waals surface area contributed by atoms with Gasteiger partial charge in [0.2, 0.25) is 10.1 Å². The molecule has 0 radical (unpaired) electrons. The Morgan fingerprint density at radius 3 is 2.41 bits per heavy atom. The van der Waals surface area contributed by atoms with Gasteiger partial charge in [0.25, 0.3) is 5.91 Å². The summed E-state index contributed by atoms with van der Waals surface area (Å²) in [6.45, 7) is 7.00. The number of rotatable bonds is 12. The smallest absolute Gasteiger partial charge is 0.445 e. The predicted octanol–water partition coefficient (Wildman–Crippen LogP) is 6.47. The summed E-state index contributed by atoms with van der Waals surface area (Å²) in [4.78, 5) is 12.4. The lowest BCUT2D eigenvalue weighted by Gasteiger charge is -2.14. The van der Waals surface area contributed by atoms with Gasteiger partial charge in [-0.3, -0.25) is 10.1 Å². The molecular weight excluding hydrogens is 533 g/mol. The SMILES string of the molecule is CCOc1cc(C=C(C#N)C(=O)Nc2nnc(C(F)(F)F)s2)ccc1OCCOc1ccc(C(C)CC)cc1. The van der Waals surface area contributed by atoms with E-state index in [0.717, 1.165) is 12.2 Å². The second kappa shape index (κ2) is 13.6. The van der Waals surface area contributed by atoms with Gasteiger partial charge >= 0.3 is 6.18 Å². The highest BCUT2D eigenvalue weighted by Gasteiger charge is 2.35. The third-order valence-electron chi connectivity index (χ3n) is 5.50. The molecular formula is C27H27F3N4O4S. The Morgan fingerprint density at radius 1 is 1.08 bits per heavy atom. The summed E-state index contributed by atoms with van der Waals surface area (Å²) in [6, 6.07) is 14.5. The van der Waals surface area contributed by atoms with E-state index in [4.69, 9.17) is 14.2 Å². The highest BCUT2D eigenvalue weighted by atomic mass is 32.1. The number of amides is 1. The summed E-state index contributed by atoms with van der Waals surface area (Å²) < 4.78 is 55.3. The quantitative estimate of drug-likeness (QED) is 0.154. The highest BCUT2D eigenvalue weighted by Crippen LogP contribution is 2.33. The van der Waals surface area contributed by atoms with Crippen molar-refractivity contribution in [2.75, 3.05) is 25.1 Å². The Labute approximate surface area is 228 Å². The number of nitrogens with one attached hydrogen (secondary N) is 1. The van der Waals surface area contributed by atoms with Crippen molar-refractivity contribution in [2.24, 2.45) is 0 Å². The van der Waals surface area contributed by atoms with Crippen LogP contribution in [0.1, 0.15) is 49.2 Å². The standard InChI is InChI=1S/C27H27F3N4O4S/c1-4-17(3)19-7-9-21(10-8-19)37-12-13-38-22-11-6-18(15-23(22)36-5-2)14-20(16-31)24(35)32-26-34-33-25(39-26)27(28,29)30/h6-11,14-15,17H,4-5,12-13H2,1-3H3,(H,32,34,35). The maximum Gasteiger partial charge on any atom is 0.445 e. The van der Waals surface area contributed by atoms with Crippen LogP contribution in [0.4, 0.5) is 18.3 Å². The fourth-order valence-corrected chi connectivity index (χ4v) is 3.92. The number of carbonyl (C=O) groups is 1. The van der Waals surface area contributed by atoms with Gasteiger partial charge in [0.05, 0.1) is 6.61 Å². The van der Waals surface area contributed by atoms with Crippen LogP contribution in [0.15, 0.2) is 48.0 Å². The second-order valence-corrected chi connectivity index (χ2v) is 9.23. The molecule has 0 bridgehead atoms. The molecule has 3 aromatic rings. The summed E-state index contributed by atoms with van der Waals surface area (Å²) in [6.07, 6.45) is -2.34. The van der Waals surface area contributed by atoms with Crippen molar-refractivity contribution in [1.82, 2.24) is 10.2 Å². The van der Waals surface area contributed by atoms with Crippen LogP contribution in [0.2, 0.25) is 0 Å². The molecule has 2 aromatic carbocycles. The number of nitrogens with zero attached hydrogens (tertiary/aromatic N) is 3. The maximum atomic E-state index is 12.7. The number of ether oxygens (including phenoxy) is 3. The van der Waals surface area contributed by atoms with E-state index in [-0.39, 0.29) is 28.6 Å². The first kappa shape index (κ1) is 29.4.